The Morgan fingerprint density at radius 3 is 2.77 bits per heavy atom. The van der Waals surface area contributed by atoms with Crippen molar-refractivity contribution in [3.05, 3.63) is 27.4 Å². The van der Waals surface area contributed by atoms with E-state index >= 15 is 0 Å². The molecular weight excluding hydrogens is 312 g/mol. The minimum absolute atomic E-state index is 0.0589. The third kappa shape index (κ3) is 3.43. The van der Waals surface area contributed by atoms with Crippen LogP contribution in [-0.4, -0.2) is 50.7 Å². The van der Waals surface area contributed by atoms with Gasteiger partial charge in [0.05, 0.1) is 5.92 Å². The minimum atomic E-state index is -1.26. The number of carbonyl (C=O) groups is 1. The van der Waals surface area contributed by atoms with E-state index in [1.165, 1.54) is 16.8 Å². The summed E-state index contributed by atoms with van der Waals surface area (Å²) < 4.78 is 11.9. The van der Waals surface area contributed by atoms with Crippen molar-refractivity contribution in [3.63, 3.8) is 0 Å². The average Bonchev–Trinajstić information content (AvgIpc) is 2.73. The van der Waals surface area contributed by atoms with Gasteiger partial charge in [0.15, 0.2) is 11.0 Å². The van der Waals surface area contributed by atoms with E-state index in [0.717, 1.165) is 0 Å². The fourth-order valence-corrected chi connectivity index (χ4v) is 2.32. The highest BCUT2D eigenvalue weighted by atomic mass is 32.1. The number of nitrogens with one attached hydrogen (secondary N) is 1. The Morgan fingerprint density at radius 1 is 1.50 bits per heavy atom. The molecule has 22 heavy (non-hydrogen) atoms. The monoisotopic (exact) mass is 330 g/mol. The Balaban J connectivity index is 2.11. The molecule has 1 aromatic heterocycles. The number of hydrogen-bond donors (Lipinski definition) is 3. The molecule has 1 fully saturated rings. The van der Waals surface area contributed by atoms with Crippen LogP contribution >= 0.6 is 12.2 Å². The van der Waals surface area contributed by atoms with Crippen molar-refractivity contribution in [2.45, 2.75) is 38.4 Å². The molecule has 0 radical (unpaired) electrons. The van der Waals surface area contributed by atoms with Gasteiger partial charge in [-0.3, -0.25) is 19.1 Å². The van der Waals surface area contributed by atoms with Crippen LogP contribution in [0.1, 0.15) is 20.1 Å². The maximum absolute atomic E-state index is 11.4. The first-order chi connectivity index (χ1) is 10.3. The van der Waals surface area contributed by atoms with Crippen LogP contribution in [0.2, 0.25) is 0 Å². The molecule has 0 saturated carbocycles. The maximum Gasteiger partial charge on any atom is 0.308 e. The number of ether oxygens (including phenoxy) is 2. The second kappa shape index (κ2) is 6.69. The number of aliphatic hydroxyl groups is 2. The Kier molecular flexibility index (Phi) is 5.12. The normalized spacial score (nSPS) is 28.0. The molecule has 0 aliphatic carbocycles. The van der Waals surface area contributed by atoms with E-state index in [1.54, 1.807) is 13.8 Å². The molecule has 4 atom stereocenters. The van der Waals surface area contributed by atoms with Gasteiger partial charge in [0, 0.05) is 12.3 Å². The lowest BCUT2D eigenvalue weighted by atomic mass is 10.1. The van der Waals surface area contributed by atoms with Gasteiger partial charge in [0.25, 0.3) is 5.56 Å². The zero-order valence-corrected chi connectivity index (χ0v) is 12.9. The number of aromatic nitrogens is 2. The molecule has 2 unspecified atom stereocenters. The van der Waals surface area contributed by atoms with Crippen LogP contribution in [0.4, 0.5) is 0 Å². The highest BCUT2D eigenvalue weighted by Gasteiger charge is 2.44. The zero-order valence-electron chi connectivity index (χ0n) is 12.1. The largest absolute Gasteiger partial charge is 0.463 e. The van der Waals surface area contributed by atoms with E-state index in [1.807, 2.05) is 0 Å². The summed E-state index contributed by atoms with van der Waals surface area (Å²) in [7, 11) is 0. The van der Waals surface area contributed by atoms with Gasteiger partial charge in [-0.25, -0.2) is 0 Å². The van der Waals surface area contributed by atoms with Crippen molar-refractivity contribution in [1.82, 2.24) is 9.55 Å². The number of H-pyrrole nitrogens is 1. The Morgan fingerprint density at radius 2 is 2.18 bits per heavy atom. The average molecular weight is 330 g/mol. The fraction of sp³-hybridized carbons (Fsp3) is 0.615. The van der Waals surface area contributed by atoms with Crippen molar-refractivity contribution >= 4 is 18.2 Å². The Hall–Kier alpha value is -1.55. The third-order valence-corrected chi connectivity index (χ3v) is 3.64. The standard InChI is InChI=1S/C13H18N2O6S/c1-6(2)12(19)20-5-7-9(17)10(18)11(21-7)15-4-3-8(16)14-13(15)22/h3-4,6-7,9-11,17-18H,5H2,1-2H3,(H,14,16,22)/t7?,9-,10-,11?/m1/s1. The van der Waals surface area contributed by atoms with E-state index in [4.69, 9.17) is 21.7 Å². The molecule has 0 bridgehead atoms. The Labute approximate surface area is 131 Å². The second-order valence-electron chi connectivity index (χ2n) is 5.35. The van der Waals surface area contributed by atoms with Crippen LogP contribution in [0.15, 0.2) is 17.1 Å². The van der Waals surface area contributed by atoms with E-state index in [2.05, 4.69) is 4.98 Å². The van der Waals surface area contributed by atoms with Gasteiger partial charge in [0.1, 0.15) is 24.9 Å². The molecule has 9 heteroatoms. The number of aliphatic hydroxyl groups excluding tert-OH is 2. The molecule has 3 N–H and O–H groups in total. The van der Waals surface area contributed by atoms with Crippen molar-refractivity contribution in [3.8, 4) is 0 Å². The second-order valence-corrected chi connectivity index (χ2v) is 5.74. The molecule has 1 aromatic rings. The first kappa shape index (κ1) is 16.8. The third-order valence-electron chi connectivity index (χ3n) is 3.32. The van der Waals surface area contributed by atoms with Crippen LogP contribution in [0, 0.1) is 10.7 Å². The van der Waals surface area contributed by atoms with Crippen LogP contribution in [-0.2, 0) is 14.3 Å². The molecule has 122 valence electrons. The molecule has 2 heterocycles. The quantitative estimate of drug-likeness (QED) is 0.514. The van der Waals surface area contributed by atoms with Gasteiger partial charge in [-0.05, 0) is 12.2 Å². The fourth-order valence-electron chi connectivity index (χ4n) is 2.06. The van der Waals surface area contributed by atoms with Gasteiger partial charge in [0.2, 0.25) is 0 Å². The smallest absolute Gasteiger partial charge is 0.308 e. The summed E-state index contributed by atoms with van der Waals surface area (Å²) in [5.41, 5.74) is -0.378. The number of esters is 1. The first-order valence-corrected chi connectivity index (χ1v) is 7.21. The summed E-state index contributed by atoms with van der Waals surface area (Å²) in [4.78, 5) is 25.0. The van der Waals surface area contributed by atoms with E-state index in [9.17, 15) is 19.8 Å². The summed E-state index contributed by atoms with van der Waals surface area (Å²) in [5, 5.41) is 20.1. The van der Waals surface area contributed by atoms with E-state index in [0.29, 0.717) is 0 Å². The van der Waals surface area contributed by atoms with Crippen LogP contribution in [0.5, 0.6) is 0 Å². The number of hydrogen-bond acceptors (Lipinski definition) is 7. The van der Waals surface area contributed by atoms with Gasteiger partial charge in [-0.1, -0.05) is 13.8 Å². The van der Waals surface area contributed by atoms with Crippen molar-refractivity contribution in [2.24, 2.45) is 5.92 Å². The summed E-state index contributed by atoms with van der Waals surface area (Å²) in [6, 6.07) is 1.23. The molecule has 1 aliphatic heterocycles. The molecule has 1 aliphatic rings. The lowest BCUT2D eigenvalue weighted by molar-refractivity contribution is -0.153. The Bertz CT molecular complexity index is 654. The highest BCUT2D eigenvalue weighted by molar-refractivity contribution is 7.71. The van der Waals surface area contributed by atoms with Gasteiger partial charge >= 0.3 is 5.97 Å². The van der Waals surface area contributed by atoms with Crippen LogP contribution in [0.3, 0.4) is 0 Å². The highest BCUT2D eigenvalue weighted by Crippen LogP contribution is 2.29. The summed E-state index contributed by atoms with van der Waals surface area (Å²) >= 11 is 5.00. The molecule has 1 saturated heterocycles. The lowest BCUT2D eigenvalue weighted by Crippen LogP contribution is -2.35. The van der Waals surface area contributed by atoms with Gasteiger partial charge in [-0.15, -0.1) is 0 Å². The van der Waals surface area contributed by atoms with Crippen molar-refractivity contribution in [1.29, 1.82) is 0 Å². The molecule has 8 nitrogen and oxygen atoms in total. The van der Waals surface area contributed by atoms with Crippen LogP contribution < -0.4 is 5.56 Å². The summed E-state index contributed by atoms with van der Waals surface area (Å²) in [6.45, 7) is 3.19. The van der Waals surface area contributed by atoms with Crippen molar-refractivity contribution in [2.75, 3.05) is 6.61 Å². The van der Waals surface area contributed by atoms with Gasteiger partial charge in [-0.2, -0.15) is 0 Å². The van der Waals surface area contributed by atoms with Crippen LogP contribution in [0.25, 0.3) is 0 Å². The molecule has 0 amide bonds. The predicted octanol–water partition coefficient (Wildman–Crippen LogP) is -0.276. The topological polar surface area (TPSA) is 114 Å². The molecule has 2 rings (SSSR count). The van der Waals surface area contributed by atoms with E-state index < -0.39 is 30.5 Å². The minimum Gasteiger partial charge on any atom is -0.463 e. The molecule has 0 aromatic carbocycles. The number of nitrogens with zero attached hydrogens (tertiary/aromatic N) is 1. The SMILES string of the molecule is CC(C)C(=O)OCC1OC(n2ccc(=O)[nH]c2=S)[C@H](O)[C@@H]1O. The predicted molar refractivity (Wildman–Crippen MR) is 77.6 cm³/mol. The molecular formula is C13H18N2O6S. The van der Waals surface area contributed by atoms with Crippen molar-refractivity contribution < 1.29 is 24.5 Å². The number of rotatable bonds is 4. The first-order valence-electron chi connectivity index (χ1n) is 6.81. The summed E-state index contributed by atoms with van der Waals surface area (Å²) in [5.74, 6) is -0.721. The lowest BCUT2D eigenvalue weighted by Gasteiger charge is -2.18. The zero-order chi connectivity index (χ0) is 16.4. The number of aromatic amines is 1. The maximum atomic E-state index is 11.4. The van der Waals surface area contributed by atoms with E-state index in [-0.39, 0.29) is 22.9 Å². The number of carbonyl (C=O) groups excluding carboxylic acids is 1. The summed E-state index contributed by atoms with van der Waals surface area (Å²) in [6.07, 6.45) is -2.98. The molecule has 0 spiro atoms. The van der Waals surface area contributed by atoms with Gasteiger partial charge < -0.3 is 19.7 Å².